The minimum Gasteiger partial charge on any atom is -0.497 e. The molecule has 4 rings (SSSR count). The maximum absolute atomic E-state index is 13.4. The van der Waals surface area contributed by atoms with Crippen molar-refractivity contribution < 1.29 is 23.5 Å². The molecule has 0 N–H and O–H groups in total. The van der Waals surface area contributed by atoms with Crippen molar-refractivity contribution in [1.82, 2.24) is 9.80 Å². The van der Waals surface area contributed by atoms with Gasteiger partial charge in [-0.25, -0.2) is 4.39 Å². The number of likely N-dealkylation sites (tertiary alicyclic amines) is 1. The van der Waals surface area contributed by atoms with Crippen LogP contribution in [-0.2, 0) is 0 Å². The first kappa shape index (κ1) is 21.5. The number of benzene rings is 2. The summed E-state index contributed by atoms with van der Waals surface area (Å²) in [5, 5.41) is 0. The van der Waals surface area contributed by atoms with E-state index in [1.165, 1.54) is 24.3 Å². The number of carbonyl (C=O) groups excluding carboxylic acids is 2. The molecule has 0 atom stereocenters. The lowest BCUT2D eigenvalue weighted by molar-refractivity contribution is 0.0497. The van der Waals surface area contributed by atoms with E-state index in [1.807, 2.05) is 4.90 Å². The van der Waals surface area contributed by atoms with E-state index in [0.717, 1.165) is 5.75 Å². The largest absolute Gasteiger partial charge is 0.497 e. The van der Waals surface area contributed by atoms with Gasteiger partial charge in [-0.1, -0.05) is 0 Å². The summed E-state index contributed by atoms with van der Waals surface area (Å²) in [7, 11) is 3.12. The number of methoxy groups -OCH3 is 2. The molecule has 0 unspecified atom stereocenters. The van der Waals surface area contributed by atoms with Gasteiger partial charge in [0.2, 0.25) is 0 Å². The first-order valence-corrected chi connectivity index (χ1v) is 11.2. The van der Waals surface area contributed by atoms with Crippen molar-refractivity contribution in [1.29, 1.82) is 0 Å². The summed E-state index contributed by atoms with van der Waals surface area (Å²) in [6.45, 7) is 1.76. The molecular formula is C23H25FN2O4S. The molecule has 2 aliphatic rings. The van der Waals surface area contributed by atoms with E-state index >= 15 is 0 Å². The molecule has 2 saturated heterocycles. The van der Waals surface area contributed by atoms with Crippen LogP contribution in [0.1, 0.15) is 33.6 Å². The van der Waals surface area contributed by atoms with Gasteiger partial charge in [0.05, 0.1) is 19.1 Å². The molecule has 164 valence electrons. The van der Waals surface area contributed by atoms with E-state index in [9.17, 15) is 14.0 Å². The number of rotatable bonds is 4. The molecule has 0 aromatic heterocycles. The number of thioether (sulfide) groups is 1. The number of amides is 2. The first-order valence-electron chi connectivity index (χ1n) is 10.2. The third-order valence-corrected chi connectivity index (χ3v) is 7.50. The highest BCUT2D eigenvalue weighted by Crippen LogP contribution is 2.45. The second-order valence-corrected chi connectivity index (χ2v) is 9.11. The van der Waals surface area contributed by atoms with Crippen molar-refractivity contribution in [2.75, 3.05) is 39.6 Å². The Morgan fingerprint density at radius 1 is 0.903 bits per heavy atom. The third-order valence-electron chi connectivity index (χ3n) is 5.94. The monoisotopic (exact) mass is 444 g/mol. The van der Waals surface area contributed by atoms with Crippen molar-refractivity contribution in [3.8, 4) is 11.5 Å². The highest BCUT2D eigenvalue weighted by atomic mass is 32.2. The van der Waals surface area contributed by atoms with Crippen LogP contribution >= 0.6 is 11.8 Å². The lowest BCUT2D eigenvalue weighted by atomic mass is 10.00. The summed E-state index contributed by atoms with van der Waals surface area (Å²) >= 11 is 1.78. The summed E-state index contributed by atoms with van der Waals surface area (Å²) in [4.78, 5) is 29.6. The third kappa shape index (κ3) is 4.21. The van der Waals surface area contributed by atoms with Gasteiger partial charge in [0.25, 0.3) is 11.8 Å². The van der Waals surface area contributed by atoms with E-state index in [2.05, 4.69) is 0 Å². The second kappa shape index (κ2) is 8.78. The van der Waals surface area contributed by atoms with Crippen LogP contribution in [0.4, 0.5) is 4.39 Å². The Kier molecular flexibility index (Phi) is 6.09. The molecule has 0 bridgehead atoms. The molecule has 2 fully saturated rings. The van der Waals surface area contributed by atoms with E-state index < -0.39 is 0 Å². The number of ether oxygens (including phenoxy) is 2. The molecule has 0 saturated carbocycles. The van der Waals surface area contributed by atoms with Gasteiger partial charge in [-0.05, 0) is 49.2 Å². The summed E-state index contributed by atoms with van der Waals surface area (Å²) < 4.78 is 23.8. The van der Waals surface area contributed by atoms with Crippen LogP contribution in [0, 0.1) is 5.82 Å². The standard InChI is InChI=1S/C23H25FN2O4S/c1-29-19-13-17(14-20(15-19)30-2)22(28)26-11-12-31-23(26)7-9-25(10-8-23)21(27)16-3-5-18(24)6-4-16/h3-6,13-15H,7-12H2,1-2H3. The van der Waals surface area contributed by atoms with E-state index in [0.29, 0.717) is 55.1 Å². The molecule has 0 radical (unpaired) electrons. The summed E-state index contributed by atoms with van der Waals surface area (Å²) in [6, 6.07) is 10.8. The molecule has 2 aromatic rings. The van der Waals surface area contributed by atoms with Crippen LogP contribution in [0.25, 0.3) is 0 Å². The van der Waals surface area contributed by atoms with Crippen LogP contribution in [0.2, 0.25) is 0 Å². The molecule has 2 amide bonds. The fraction of sp³-hybridized carbons (Fsp3) is 0.391. The first-order chi connectivity index (χ1) is 15.0. The van der Waals surface area contributed by atoms with Crippen molar-refractivity contribution in [2.24, 2.45) is 0 Å². The smallest absolute Gasteiger partial charge is 0.255 e. The average Bonchev–Trinajstić information content (AvgIpc) is 3.21. The Balaban J connectivity index is 1.49. The van der Waals surface area contributed by atoms with Crippen LogP contribution in [0.5, 0.6) is 11.5 Å². The van der Waals surface area contributed by atoms with E-state index in [-0.39, 0.29) is 22.5 Å². The maximum Gasteiger partial charge on any atom is 0.255 e. The summed E-state index contributed by atoms with van der Waals surface area (Å²) in [5.74, 6) is 1.49. The molecule has 2 heterocycles. The lowest BCUT2D eigenvalue weighted by Gasteiger charge is -2.44. The van der Waals surface area contributed by atoms with Gasteiger partial charge in [0, 0.05) is 42.6 Å². The van der Waals surface area contributed by atoms with Crippen LogP contribution in [-0.4, -0.2) is 66.1 Å². The molecule has 6 nitrogen and oxygen atoms in total. The second-order valence-electron chi connectivity index (χ2n) is 7.65. The maximum atomic E-state index is 13.4. The predicted molar refractivity (Wildman–Crippen MR) is 117 cm³/mol. The van der Waals surface area contributed by atoms with Gasteiger partial charge in [-0.2, -0.15) is 0 Å². The SMILES string of the molecule is COc1cc(OC)cc(C(=O)N2CCSC23CCN(C(=O)c2ccc(F)cc2)CC3)c1. The van der Waals surface area contributed by atoms with Gasteiger partial charge >= 0.3 is 0 Å². The quantitative estimate of drug-likeness (QED) is 0.720. The fourth-order valence-corrected chi connectivity index (χ4v) is 5.69. The molecule has 2 aromatic carbocycles. The fourth-order valence-electron chi connectivity index (χ4n) is 4.23. The zero-order valence-electron chi connectivity index (χ0n) is 17.6. The van der Waals surface area contributed by atoms with E-state index in [4.69, 9.17) is 9.47 Å². The Labute approximate surface area is 185 Å². The molecule has 1 spiro atoms. The number of hydrogen-bond acceptors (Lipinski definition) is 5. The highest BCUT2D eigenvalue weighted by Gasteiger charge is 2.47. The van der Waals surface area contributed by atoms with Crippen LogP contribution in [0.3, 0.4) is 0 Å². The van der Waals surface area contributed by atoms with Crippen molar-refractivity contribution in [3.63, 3.8) is 0 Å². The number of nitrogens with zero attached hydrogens (tertiary/aromatic N) is 2. The number of halogens is 1. The van der Waals surface area contributed by atoms with Crippen LogP contribution in [0.15, 0.2) is 42.5 Å². The number of hydrogen-bond donors (Lipinski definition) is 0. The molecular weight excluding hydrogens is 419 g/mol. The Bertz CT molecular complexity index is 952. The number of piperidine rings is 1. The van der Waals surface area contributed by atoms with Gasteiger partial charge in [-0.15, -0.1) is 11.8 Å². The Hall–Kier alpha value is -2.74. The zero-order valence-corrected chi connectivity index (χ0v) is 18.4. The van der Waals surface area contributed by atoms with Gasteiger partial charge in [0.15, 0.2) is 0 Å². The van der Waals surface area contributed by atoms with Crippen molar-refractivity contribution >= 4 is 23.6 Å². The molecule has 8 heteroatoms. The molecule has 2 aliphatic heterocycles. The van der Waals surface area contributed by atoms with Gasteiger partial charge < -0.3 is 19.3 Å². The topological polar surface area (TPSA) is 59.1 Å². The lowest BCUT2D eigenvalue weighted by Crippen LogP contribution is -2.53. The van der Waals surface area contributed by atoms with Crippen molar-refractivity contribution in [3.05, 3.63) is 59.4 Å². The zero-order chi connectivity index (χ0) is 22.0. The molecule has 31 heavy (non-hydrogen) atoms. The van der Waals surface area contributed by atoms with Gasteiger partial charge in [-0.3, -0.25) is 9.59 Å². The molecule has 0 aliphatic carbocycles. The summed E-state index contributed by atoms with van der Waals surface area (Å²) in [6.07, 6.45) is 1.38. The van der Waals surface area contributed by atoms with Crippen LogP contribution < -0.4 is 9.47 Å². The average molecular weight is 445 g/mol. The highest BCUT2D eigenvalue weighted by molar-refractivity contribution is 8.00. The predicted octanol–water partition coefficient (Wildman–Crippen LogP) is 3.66. The normalized spacial score (nSPS) is 17.6. The van der Waals surface area contributed by atoms with E-state index in [1.54, 1.807) is 49.1 Å². The van der Waals surface area contributed by atoms with Gasteiger partial charge in [0.1, 0.15) is 17.3 Å². The minimum atomic E-state index is -0.361. The van der Waals surface area contributed by atoms with Crippen molar-refractivity contribution in [2.45, 2.75) is 17.7 Å². The summed E-state index contributed by atoms with van der Waals surface area (Å²) in [5.41, 5.74) is 1.01. The Morgan fingerprint density at radius 3 is 2.10 bits per heavy atom. The minimum absolute atomic E-state index is 0.0551. The Morgan fingerprint density at radius 2 is 1.52 bits per heavy atom. The number of carbonyl (C=O) groups is 2.